The Morgan fingerprint density at radius 2 is 2.00 bits per heavy atom. The zero-order chi connectivity index (χ0) is 12.3. The van der Waals surface area contributed by atoms with Crippen molar-refractivity contribution in [1.29, 1.82) is 0 Å². The number of hydrogen-bond acceptors (Lipinski definition) is 1. The molecular formula is C13H16F2O. The molecule has 0 aliphatic heterocycles. The van der Waals surface area contributed by atoms with E-state index in [0.29, 0.717) is 5.56 Å². The molecule has 1 aromatic rings. The molecule has 0 N–H and O–H groups in total. The van der Waals surface area contributed by atoms with Gasteiger partial charge in [-0.15, -0.1) is 0 Å². The lowest BCUT2D eigenvalue weighted by Crippen LogP contribution is -2.16. The highest BCUT2D eigenvalue weighted by Crippen LogP contribution is 2.34. The zero-order valence-corrected chi connectivity index (χ0v) is 9.76. The summed E-state index contributed by atoms with van der Waals surface area (Å²) in [5, 5.41) is 0. The second-order valence-electron chi connectivity index (χ2n) is 4.44. The van der Waals surface area contributed by atoms with Gasteiger partial charge in [0.15, 0.2) is 5.78 Å². The van der Waals surface area contributed by atoms with E-state index in [9.17, 15) is 13.6 Å². The van der Waals surface area contributed by atoms with Crippen molar-refractivity contribution in [1.82, 2.24) is 0 Å². The molecule has 0 saturated carbocycles. The maximum Gasteiger partial charge on any atom is 0.273 e. The van der Waals surface area contributed by atoms with Gasteiger partial charge in [-0.25, -0.2) is 8.78 Å². The fourth-order valence-corrected chi connectivity index (χ4v) is 1.60. The number of ketones is 1. The summed E-state index contributed by atoms with van der Waals surface area (Å²) < 4.78 is 27.5. The average molecular weight is 226 g/mol. The van der Waals surface area contributed by atoms with E-state index in [2.05, 4.69) is 0 Å². The number of alkyl halides is 2. The molecule has 0 spiro atoms. The molecule has 88 valence electrons. The molecule has 0 bridgehead atoms. The minimum atomic E-state index is -2.86. The predicted octanol–water partition coefficient (Wildman–Crippen LogP) is 4.03. The van der Waals surface area contributed by atoms with Crippen molar-refractivity contribution in [3.8, 4) is 0 Å². The summed E-state index contributed by atoms with van der Waals surface area (Å²) in [4.78, 5) is 11.1. The van der Waals surface area contributed by atoms with Crippen molar-refractivity contribution in [2.45, 2.75) is 33.1 Å². The Kier molecular flexibility index (Phi) is 3.79. The van der Waals surface area contributed by atoms with Gasteiger partial charge in [-0.3, -0.25) is 4.79 Å². The molecular weight excluding hydrogens is 210 g/mol. The Morgan fingerprint density at radius 3 is 2.50 bits per heavy atom. The Morgan fingerprint density at radius 1 is 1.38 bits per heavy atom. The SMILES string of the molecule is CC(=O)c1cccc(C(F)(F)CC(C)C)c1. The van der Waals surface area contributed by atoms with Gasteiger partial charge in [-0.05, 0) is 18.9 Å². The Hall–Kier alpha value is -1.25. The van der Waals surface area contributed by atoms with Gasteiger partial charge in [0.1, 0.15) is 0 Å². The lowest BCUT2D eigenvalue weighted by Gasteiger charge is -2.19. The Bertz CT molecular complexity index is 383. The fraction of sp³-hybridized carbons (Fsp3) is 0.462. The predicted molar refractivity (Wildman–Crippen MR) is 59.8 cm³/mol. The van der Waals surface area contributed by atoms with Crippen molar-refractivity contribution in [3.05, 3.63) is 35.4 Å². The van der Waals surface area contributed by atoms with Crippen LogP contribution in [0.15, 0.2) is 24.3 Å². The molecule has 0 aliphatic rings. The second-order valence-corrected chi connectivity index (χ2v) is 4.44. The lowest BCUT2D eigenvalue weighted by molar-refractivity contribution is -0.0249. The van der Waals surface area contributed by atoms with Crippen LogP contribution in [0.2, 0.25) is 0 Å². The summed E-state index contributed by atoms with van der Waals surface area (Å²) in [6.07, 6.45) is -0.200. The Labute approximate surface area is 94.5 Å². The molecule has 0 atom stereocenters. The van der Waals surface area contributed by atoms with E-state index < -0.39 is 5.92 Å². The van der Waals surface area contributed by atoms with E-state index in [1.807, 2.05) is 0 Å². The smallest absolute Gasteiger partial charge is 0.273 e. The first-order valence-electron chi connectivity index (χ1n) is 5.32. The van der Waals surface area contributed by atoms with Crippen LogP contribution in [-0.2, 0) is 5.92 Å². The van der Waals surface area contributed by atoms with Crippen LogP contribution in [0.25, 0.3) is 0 Å². The first kappa shape index (κ1) is 12.8. The highest BCUT2D eigenvalue weighted by molar-refractivity contribution is 5.94. The van der Waals surface area contributed by atoms with E-state index in [-0.39, 0.29) is 23.7 Å². The van der Waals surface area contributed by atoms with Gasteiger partial charge in [0, 0.05) is 17.5 Å². The van der Waals surface area contributed by atoms with Gasteiger partial charge in [0.05, 0.1) is 0 Å². The monoisotopic (exact) mass is 226 g/mol. The van der Waals surface area contributed by atoms with Crippen molar-refractivity contribution >= 4 is 5.78 Å². The van der Waals surface area contributed by atoms with Crippen molar-refractivity contribution in [2.75, 3.05) is 0 Å². The number of hydrogen-bond donors (Lipinski definition) is 0. The molecule has 16 heavy (non-hydrogen) atoms. The van der Waals surface area contributed by atoms with Crippen molar-refractivity contribution in [2.24, 2.45) is 5.92 Å². The standard InChI is InChI=1S/C13H16F2O/c1-9(2)8-13(14,15)12-6-4-5-11(7-12)10(3)16/h4-7,9H,8H2,1-3H3. The summed E-state index contributed by atoms with van der Waals surface area (Å²) in [5.74, 6) is -3.14. The van der Waals surface area contributed by atoms with Crippen molar-refractivity contribution in [3.63, 3.8) is 0 Å². The van der Waals surface area contributed by atoms with Crippen LogP contribution in [0, 0.1) is 5.92 Å². The van der Waals surface area contributed by atoms with Gasteiger partial charge in [-0.1, -0.05) is 32.0 Å². The van der Waals surface area contributed by atoms with E-state index in [1.54, 1.807) is 19.9 Å². The van der Waals surface area contributed by atoms with E-state index in [4.69, 9.17) is 0 Å². The molecule has 0 heterocycles. The molecule has 0 amide bonds. The largest absolute Gasteiger partial charge is 0.295 e. The molecule has 0 saturated heterocycles. The number of rotatable bonds is 4. The van der Waals surface area contributed by atoms with Gasteiger partial charge in [0.25, 0.3) is 5.92 Å². The van der Waals surface area contributed by atoms with Gasteiger partial charge >= 0.3 is 0 Å². The topological polar surface area (TPSA) is 17.1 Å². The average Bonchev–Trinajstić information content (AvgIpc) is 2.16. The maximum absolute atomic E-state index is 13.7. The number of carbonyl (C=O) groups excluding carboxylic acids is 1. The molecule has 1 rings (SSSR count). The molecule has 1 nitrogen and oxygen atoms in total. The maximum atomic E-state index is 13.7. The first-order valence-corrected chi connectivity index (χ1v) is 5.32. The molecule has 0 fully saturated rings. The summed E-state index contributed by atoms with van der Waals surface area (Å²) in [6.45, 7) is 4.88. The zero-order valence-electron chi connectivity index (χ0n) is 9.76. The second kappa shape index (κ2) is 4.73. The Balaban J connectivity index is 3.03. The van der Waals surface area contributed by atoms with Crippen LogP contribution in [0.3, 0.4) is 0 Å². The third-order valence-electron chi connectivity index (χ3n) is 2.36. The summed E-state index contributed by atoms with van der Waals surface area (Å²) in [7, 11) is 0. The van der Waals surface area contributed by atoms with Crippen LogP contribution in [-0.4, -0.2) is 5.78 Å². The number of Topliss-reactive ketones (excluding diaryl/α,β-unsaturated/α-hetero) is 1. The first-order chi connectivity index (χ1) is 7.33. The van der Waals surface area contributed by atoms with Gasteiger partial charge in [-0.2, -0.15) is 0 Å². The highest BCUT2D eigenvalue weighted by Gasteiger charge is 2.32. The molecule has 1 aromatic carbocycles. The summed E-state index contributed by atoms with van der Waals surface area (Å²) in [5.41, 5.74) is 0.259. The molecule has 0 unspecified atom stereocenters. The van der Waals surface area contributed by atoms with Crippen LogP contribution >= 0.6 is 0 Å². The van der Waals surface area contributed by atoms with Crippen LogP contribution in [0.1, 0.15) is 43.1 Å². The molecule has 3 heteroatoms. The fourth-order valence-electron chi connectivity index (χ4n) is 1.60. The van der Waals surface area contributed by atoms with E-state index in [1.165, 1.54) is 25.1 Å². The van der Waals surface area contributed by atoms with Crippen LogP contribution < -0.4 is 0 Å². The third-order valence-corrected chi connectivity index (χ3v) is 2.36. The van der Waals surface area contributed by atoms with Gasteiger partial charge < -0.3 is 0 Å². The molecule has 0 aromatic heterocycles. The normalized spacial score (nSPS) is 11.9. The number of halogens is 2. The van der Waals surface area contributed by atoms with Crippen LogP contribution in [0.5, 0.6) is 0 Å². The van der Waals surface area contributed by atoms with Crippen LogP contribution in [0.4, 0.5) is 8.78 Å². The number of carbonyl (C=O) groups is 1. The number of benzene rings is 1. The van der Waals surface area contributed by atoms with E-state index in [0.717, 1.165) is 0 Å². The molecule has 0 aliphatic carbocycles. The lowest BCUT2D eigenvalue weighted by atomic mass is 9.96. The summed E-state index contributed by atoms with van der Waals surface area (Å²) >= 11 is 0. The van der Waals surface area contributed by atoms with E-state index >= 15 is 0 Å². The quantitative estimate of drug-likeness (QED) is 0.708. The summed E-state index contributed by atoms with van der Waals surface area (Å²) in [6, 6.07) is 5.71. The third kappa shape index (κ3) is 3.12. The highest BCUT2D eigenvalue weighted by atomic mass is 19.3. The minimum absolute atomic E-state index is 0.0751. The van der Waals surface area contributed by atoms with Gasteiger partial charge in [0.2, 0.25) is 0 Å². The van der Waals surface area contributed by atoms with Crippen molar-refractivity contribution < 1.29 is 13.6 Å². The molecule has 0 radical (unpaired) electrons. The minimum Gasteiger partial charge on any atom is -0.295 e.